The van der Waals surface area contributed by atoms with E-state index in [-0.39, 0.29) is 24.7 Å². The lowest BCUT2D eigenvalue weighted by molar-refractivity contribution is -0.142. The van der Waals surface area contributed by atoms with Gasteiger partial charge in [0.15, 0.2) is 24.8 Å². The predicted octanol–water partition coefficient (Wildman–Crippen LogP) is 3.65. The number of esters is 2. The van der Waals surface area contributed by atoms with Gasteiger partial charge in [-0.15, -0.1) is 0 Å². The van der Waals surface area contributed by atoms with Crippen molar-refractivity contribution in [1.29, 1.82) is 0 Å². The zero-order valence-electron chi connectivity index (χ0n) is 18.8. The molecule has 174 valence electrons. The molecule has 7 nitrogen and oxygen atoms in total. The molecule has 3 aromatic rings. The minimum atomic E-state index is -0.668. The second-order valence-corrected chi connectivity index (χ2v) is 7.59. The van der Waals surface area contributed by atoms with Crippen LogP contribution in [0.4, 0.5) is 5.69 Å². The molecule has 0 fully saturated rings. The normalized spacial score (nSPS) is 10.3. The number of Topliss-reactive ketones (excluding diaryl/α,β-unsaturated/α-hetero) is 2. The monoisotopic (exact) mass is 459 g/mol. The van der Waals surface area contributed by atoms with E-state index in [1.165, 1.54) is 4.90 Å². The molecule has 0 heterocycles. The molecule has 3 rings (SSSR count). The number of anilines is 1. The first-order valence-electron chi connectivity index (χ1n) is 10.7. The molecule has 0 aliphatic rings. The van der Waals surface area contributed by atoms with Gasteiger partial charge in [0, 0.05) is 16.8 Å². The maximum atomic E-state index is 12.5. The highest BCUT2D eigenvalue weighted by atomic mass is 16.5. The van der Waals surface area contributed by atoms with Crippen molar-refractivity contribution in [2.75, 3.05) is 31.2 Å². The van der Waals surface area contributed by atoms with Gasteiger partial charge in [0.05, 0.1) is 0 Å². The first-order chi connectivity index (χ1) is 16.4. The summed E-state index contributed by atoms with van der Waals surface area (Å²) in [6.07, 6.45) is 0. The molecule has 0 aromatic heterocycles. The van der Waals surface area contributed by atoms with Crippen LogP contribution in [0.5, 0.6) is 0 Å². The van der Waals surface area contributed by atoms with Gasteiger partial charge in [-0.25, -0.2) is 0 Å². The largest absolute Gasteiger partial charge is 0.456 e. The van der Waals surface area contributed by atoms with Gasteiger partial charge in [-0.05, 0) is 24.6 Å². The molecule has 0 saturated heterocycles. The standard InChI is InChI=1S/C27H25NO6/c1-20-9-8-14-23(15-20)28(16-26(31)33-18-24(29)21-10-4-2-5-11-21)17-27(32)34-19-25(30)22-12-6-3-7-13-22/h2-15H,16-19H2,1H3. The first kappa shape index (κ1) is 24.4. The SMILES string of the molecule is Cc1cccc(N(CC(=O)OCC(=O)c2ccccc2)CC(=O)OCC(=O)c2ccccc2)c1. The summed E-state index contributed by atoms with van der Waals surface area (Å²) >= 11 is 0. The molecular weight excluding hydrogens is 434 g/mol. The number of hydrogen-bond acceptors (Lipinski definition) is 7. The molecule has 0 aliphatic heterocycles. The van der Waals surface area contributed by atoms with Crippen LogP contribution in [0.2, 0.25) is 0 Å². The molecule has 0 amide bonds. The van der Waals surface area contributed by atoms with Gasteiger partial charge in [-0.1, -0.05) is 72.8 Å². The summed E-state index contributed by atoms with van der Waals surface area (Å²) in [6.45, 7) is 0.539. The van der Waals surface area contributed by atoms with E-state index in [4.69, 9.17) is 9.47 Å². The topological polar surface area (TPSA) is 90.0 Å². The van der Waals surface area contributed by atoms with Crippen LogP contribution >= 0.6 is 0 Å². The van der Waals surface area contributed by atoms with Gasteiger partial charge < -0.3 is 14.4 Å². The Labute approximate surface area is 197 Å². The van der Waals surface area contributed by atoms with Crippen molar-refractivity contribution in [3.63, 3.8) is 0 Å². The Morgan fingerprint density at radius 3 is 1.56 bits per heavy atom. The van der Waals surface area contributed by atoms with Crippen LogP contribution in [0.25, 0.3) is 0 Å². The number of benzene rings is 3. The zero-order valence-corrected chi connectivity index (χ0v) is 18.8. The van der Waals surface area contributed by atoms with Crippen LogP contribution in [-0.2, 0) is 19.1 Å². The van der Waals surface area contributed by atoms with Crippen molar-refractivity contribution in [3.05, 3.63) is 102 Å². The highest BCUT2D eigenvalue weighted by Crippen LogP contribution is 2.16. The van der Waals surface area contributed by atoms with E-state index in [1.54, 1.807) is 72.8 Å². The van der Waals surface area contributed by atoms with Crippen LogP contribution in [0.3, 0.4) is 0 Å². The van der Waals surface area contributed by atoms with E-state index in [2.05, 4.69) is 0 Å². The van der Waals surface area contributed by atoms with Crippen LogP contribution in [-0.4, -0.2) is 49.8 Å². The minimum absolute atomic E-state index is 0.271. The molecule has 0 saturated carbocycles. The van der Waals surface area contributed by atoms with Gasteiger partial charge in [0.2, 0.25) is 0 Å². The lowest BCUT2D eigenvalue weighted by atomic mass is 10.1. The van der Waals surface area contributed by atoms with Crippen molar-refractivity contribution >= 4 is 29.2 Å². The quantitative estimate of drug-likeness (QED) is 0.319. The summed E-state index contributed by atoms with van der Waals surface area (Å²) in [5.41, 5.74) is 2.43. The summed E-state index contributed by atoms with van der Waals surface area (Å²) in [7, 11) is 0. The van der Waals surface area contributed by atoms with Crippen molar-refractivity contribution in [2.24, 2.45) is 0 Å². The van der Waals surface area contributed by atoms with Crippen LogP contribution in [0.15, 0.2) is 84.9 Å². The third-order valence-electron chi connectivity index (χ3n) is 4.93. The number of hydrogen-bond donors (Lipinski definition) is 0. The Morgan fingerprint density at radius 2 is 1.12 bits per heavy atom. The van der Waals surface area contributed by atoms with Crippen molar-refractivity contribution in [1.82, 2.24) is 0 Å². The van der Waals surface area contributed by atoms with Crippen molar-refractivity contribution in [2.45, 2.75) is 6.92 Å². The molecular formula is C27H25NO6. The molecule has 0 aliphatic carbocycles. The molecule has 0 unspecified atom stereocenters. The molecule has 7 heteroatoms. The van der Waals surface area contributed by atoms with Crippen molar-refractivity contribution in [3.8, 4) is 0 Å². The summed E-state index contributed by atoms with van der Waals surface area (Å²) in [6, 6.07) is 24.3. The second kappa shape index (κ2) is 12.1. The van der Waals surface area contributed by atoms with E-state index < -0.39 is 25.2 Å². The first-order valence-corrected chi connectivity index (χ1v) is 10.7. The number of carbonyl (C=O) groups is 4. The number of ketones is 2. The van der Waals surface area contributed by atoms with Crippen LogP contribution in [0, 0.1) is 6.92 Å². The van der Waals surface area contributed by atoms with Gasteiger partial charge in [0.25, 0.3) is 0 Å². The lowest BCUT2D eigenvalue weighted by Gasteiger charge is -2.23. The van der Waals surface area contributed by atoms with Gasteiger partial charge >= 0.3 is 11.9 Å². The fourth-order valence-electron chi connectivity index (χ4n) is 3.17. The zero-order chi connectivity index (χ0) is 24.3. The summed E-state index contributed by atoms with van der Waals surface area (Å²) in [5.74, 6) is -1.98. The Bertz CT molecular complexity index is 1070. The number of rotatable bonds is 11. The predicted molar refractivity (Wildman–Crippen MR) is 127 cm³/mol. The number of carbonyl (C=O) groups excluding carboxylic acids is 4. The van der Waals surface area contributed by atoms with Crippen LogP contribution < -0.4 is 4.90 Å². The van der Waals surface area contributed by atoms with Crippen LogP contribution in [0.1, 0.15) is 26.3 Å². The van der Waals surface area contributed by atoms with Gasteiger partial charge in [-0.2, -0.15) is 0 Å². The molecule has 3 aromatic carbocycles. The van der Waals surface area contributed by atoms with E-state index in [0.29, 0.717) is 16.8 Å². The maximum absolute atomic E-state index is 12.5. The Kier molecular flexibility index (Phi) is 8.68. The molecule has 0 spiro atoms. The Hall–Kier alpha value is -4.26. The van der Waals surface area contributed by atoms with Gasteiger partial charge in [-0.3, -0.25) is 19.2 Å². The summed E-state index contributed by atoms with van der Waals surface area (Å²) in [5, 5.41) is 0. The molecule has 0 bridgehead atoms. The smallest absolute Gasteiger partial charge is 0.326 e. The van der Waals surface area contributed by atoms with E-state index in [9.17, 15) is 19.2 Å². The number of aryl methyl sites for hydroxylation is 1. The summed E-state index contributed by atoms with van der Waals surface area (Å²) in [4.78, 5) is 50.8. The van der Waals surface area contributed by atoms with Gasteiger partial charge in [0.1, 0.15) is 13.1 Å². The molecule has 0 atom stereocenters. The fraction of sp³-hybridized carbons (Fsp3) is 0.185. The number of nitrogens with zero attached hydrogens (tertiary/aromatic N) is 1. The Balaban J connectivity index is 1.59. The highest BCUT2D eigenvalue weighted by molar-refractivity contribution is 5.98. The molecule has 34 heavy (non-hydrogen) atoms. The third-order valence-corrected chi connectivity index (χ3v) is 4.93. The fourth-order valence-corrected chi connectivity index (χ4v) is 3.17. The average Bonchev–Trinajstić information content (AvgIpc) is 2.86. The Morgan fingerprint density at radius 1 is 0.647 bits per heavy atom. The van der Waals surface area contributed by atoms with E-state index in [0.717, 1.165) is 5.56 Å². The molecule has 0 radical (unpaired) electrons. The highest BCUT2D eigenvalue weighted by Gasteiger charge is 2.19. The third kappa shape index (κ3) is 7.41. The maximum Gasteiger partial charge on any atom is 0.326 e. The second-order valence-electron chi connectivity index (χ2n) is 7.59. The van der Waals surface area contributed by atoms with E-state index in [1.807, 2.05) is 19.1 Å². The lowest BCUT2D eigenvalue weighted by Crippen LogP contribution is -2.37. The average molecular weight is 459 g/mol. The van der Waals surface area contributed by atoms with E-state index >= 15 is 0 Å². The minimum Gasteiger partial charge on any atom is -0.456 e. The summed E-state index contributed by atoms with van der Waals surface area (Å²) < 4.78 is 10.3. The van der Waals surface area contributed by atoms with Crippen molar-refractivity contribution < 1.29 is 28.7 Å². The molecule has 0 N–H and O–H groups in total. The number of ether oxygens (including phenoxy) is 2.